The largest absolute Gasteiger partial charge is 0.342 e. The van der Waals surface area contributed by atoms with E-state index in [2.05, 4.69) is 15.3 Å². The van der Waals surface area contributed by atoms with Crippen LogP contribution in [0.25, 0.3) is 11.0 Å². The first-order valence-corrected chi connectivity index (χ1v) is 4.69. The lowest BCUT2D eigenvalue weighted by Gasteiger charge is -2.24. The van der Waals surface area contributed by atoms with E-state index >= 15 is 0 Å². The maximum absolute atomic E-state index is 12.9. The zero-order chi connectivity index (χ0) is 9.54. The molecule has 1 fully saturated rings. The van der Waals surface area contributed by atoms with Gasteiger partial charge in [0.1, 0.15) is 11.6 Å². The minimum Gasteiger partial charge on any atom is -0.342 e. The third-order valence-electron chi connectivity index (χ3n) is 2.63. The highest BCUT2D eigenvalue weighted by Crippen LogP contribution is 2.20. The van der Waals surface area contributed by atoms with Crippen LogP contribution in [0.15, 0.2) is 18.2 Å². The molecule has 2 heterocycles. The fraction of sp³-hybridized carbons (Fsp3) is 0.300. The molecule has 2 aromatic rings. The van der Waals surface area contributed by atoms with Gasteiger partial charge >= 0.3 is 0 Å². The Morgan fingerprint density at radius 2 is 2.21 bits per heavy atom. The molecule has 0 radical (unpaired) electrons. The minimum absolute atomic E-state index is 0.223. The Bertz CT molecular complexity index is 473. The third-order valence-corrected chi connectivity index (χ3v) is 2.63. The second-order valence-electron chi connectivity index (χ2n) is 3.64. The van der Waals surface area contributed by atoms with Gasteiger partial charge in [-0.1, -0.05) is 0 Å². The van der Waals surface area contributed by atoms with E-state index < -0.39 is 0 Å². The Hall–Kier alpha value is -1.42. The second kappa shape index (κ2) is 2.78. The molecule has 0 aliphatic carbocycles. The molecule has 0 atom stereocenters. The number of nitrogens with zero attached hydrogens (tertiary/aromatic N) is 1. The monoisotopic (exact) mass is 191 g/mol. The molecule has 72 valence electrons. The molecule has 1 saturated heterocycles. The molecule has 14 heavy (non-hydrogen) atoms. The predicted octanol–water partition coefficient (Wildman–Crippen LogP) is 1.39. The number of H-pyrrole nitrogens is 1. The molecule has 0 spiro atoms. The first kappa shape index (κ1) is 7.94. The van der Waals surface area contributed by atoms with Crippen LogP contribution in [0.4, 0.5) is 4.39 Å². The lowest BCUT2D eigenvalue weighted by Crippen LogP contribution is -2.40. The number of nitrogens with one attached hydrogen (secondary N) is 2. The lowest BCUT2D eigenvalue weighted by molar-refractivity contribution is 0.433. The lowest BCUT2D eigenvalue weighted by atomic mass is 10.0. The summed E-state index contributed by atoms with van der Waals surface area (Å²) in [7, 11) is 0. The van der Waals surface area contributed by atoms with Crippen LogP contribution in [0.5, 0.6) is 0 Å². The fourth-order valence-electron chi connectivity index (χ4n) is 1.68. The molecular weight excluding hydrogens is 181 g/mol. The molecule has 2 N–H and O–H groups in total. The quantitative estimate of drug-likeness (QED) is 0.715. The number of hydrogen-bond donors (Lipinski definition) is 2. The highest BCUT2D eigenvalue weighted by Gasteiger charge is 2.21. The van der Waals surface area contributed by atoms with Gasteiger partial charge in [0.15, 0.2) is 0 Å². The summed E-state index contributed by atoms with van der Waals surface area (Å²) in [6.45, 7) is 1.92. The number of hydrogen-bond acceptors (Lipinski definition) is 2. The van der Waals surface area contributed by atoms with Gasteiger partial charge in [-0.3, -0.25) is 0 Å². The first-order chi connectivity index (χ1) is 6.83. The Labute approximate surface area is 80.3 Å². The summed E-state index contributed by atoms with van der Waals surface area (Å²) < 4.78 is 12.9. The van der Waals surface area contributed by atoms with E-state index in [9.17, 15) is 4.39 Å². The van der Waals surface area contributed by atoms with E-state index in [1.807, 2.05) is 0 Å². The van der Waals surface area contributed by atoms with E-state index in [-0.39, 0.29) is 5.82 Å². The molecule has 1 aromatic carbocycles. The SMILES string of the molecule is Fc1ccc2nc(C3CNC3)[nH]c2c1. The Kier molecular flexibility index (Phi) is 1.58. The topological polar surface area (TPSA) is 40.7 Å². The highest BCUT2D eigenvalue weighted by atomic mass is 19.1. The van der Waals surface area contributed by atoms with Gasteiger partial charge in [0.25, 0.3) is 0 Å². The van der Waals surface area contributed by atoms with Crippen molar-refractivity contribution in [1.82, 2.24) is 15.3 Å². The van der Waals surface area contributed by atoms with Gasteiger partial charge in [-0.25, -0.2) is 9.37 Å². The van der Waals surface area contributed by atoms with Crippen molar-refractivity contribution in [2.75, 3.05) is 13.1 Å². The minimum atomic E-state index is -0.223. The van der Waals surface area contributed by atoms with Crippen LogP contribution in [0.1, 0.15) is 11.7 Å². The summed E-state index contributed by atoms with van der Waals surface area (Å²) in [4.78, 5) is 7.56. The van der Waals surface area contributed by atoms with E-state index in [0.29, 0.717) is 5.92 Å². The number of aromatic amines is 1. The number of halogens is 1. The summed E-state index contributed by atoms with van der Waals surface area (Å²) >= 11 is 0. The molecule has 0 saturated carbocycles. The van der Waals surface area contributed by atoms with Gasteiger partial charge in [0.05, 0.1) is 11.0 Å². The van der Waals surface area contributed by atoms with Gasteiger partial charge in [-0.2, -0.15) is 0 Å². The van der Waals surface area contributed by atoms with Crippen molar-refractivity contribution in [2.45, 2.75) is 5.92 Å². The number of aromatic nitrogens is 2. The van der Waals surface area contributed by atoms with Crippen LogP contribution in [-0.4, -0.2) is 23.1 Å². The third kappa shape index (κ3) is 1.11. The molecule has 1 aliphatic rings. The van der Waals surface area contributed by atoms with Gasteiger partial charge in [-0.15, -0.1) is 0 Å². The summed E-state index contributed by atoms with van der Waals surface area (Å²) in [6, 6.07) is 4.63. The number of rotatable bonds is 1. The first-order valence-electron chi connectivity index (χ1n) is 4.69. The summed E-state index contributed by atoms with van der Waals surface area (Å²) in [5.41, 5.74) is 1.63. The number of imidazole rings is 1. The maximum Gasteiger partial charge on any atom is 0.125 e. The van der Waals surface area contributed by atoms with Gasteiger partial charge in [0, 0.05) is 19.0 Å². The zero-order valence-corrected chi connectivity index (χ0v) is 7.55. The van der Waals surface area contributed by atoms with E-state index in [4.69, 9.17) is 0 Å². The van der Waals surface area contributed by atoms with Gasteiger partial charge < -0.3 is 10.3 Å². The van der Waals surface area contributed by atoms with Gasteiger partial charge in [-0.05, 0) is 18.2 Å². The average molecular weight is 191 g/mol. The van der Waals surface area contributed by atoms with Crippen LogP contribution < -0.4 is 5.32 Å². The van der Waals surface area contributed by atoms with Crippen LogP contribution in [-0.2, 0) is 0 Å². The molecule has 3 rings (SSSR count). The molecular formula is C10H10FN3. The number of fused-ring (bicyclic) bond motifs is 1. The van der Waals surface area contributed by atoms with Crippen molar-refractivity contribution >= 4 is 11.0 Å². The molecule has 0 unspecified atom stereocenters. The van der Waals surface area contributed by atoms with Crippen molar-refractivity contribution in [3.05, 3.63) is 29.8 Å². The molecule has 3 nitrogen and oxygen atoms in total. The van der Waals surface area contributed by atoms with E-state index in [1.54, 1.807) is 6.07 Å². The van der Waals surface area contributed by atoms with Crippen LogP contribution in [0.3, 0.4) is 0 Å². The normalized spacial score (nSPS) is 17.2. The molecule has 0 bridgehead atoms. The standard InChI is InChI=1S/C10H10FN3/c11-7-1-2-8-9(3-7)14-10(13-8)6-4-12-5-6/h1-3,6,12H,4-5H2,(H,13,14). The van der Waals surface area contributed by atoms with Crippen molar-refractivity contribution in [1.29, 1.82) is 0 Å². The van der Waals surface area contributed by atoms with Crippen molar-refractivity contribution < 1.29 is 4.39 Å². The van der Waals surface area contributed by atoms with Crippen molar-refractivity contribution in [3.63, 3.8) is 0 Å². The smallest absolute Gasteiger partial charge is 0.125 e. The molecule has 0 amide bonds. The zero-order valence-electron chi connectivity index (χ0n) is 7.55. The second-order valence-corrected chi connectivity index (χ2v) is 3.64. The van der Waals surface area contributed by atoms with E-state index in [0.717, 1.165) is 29.9 Å². The fourth-order valence-corrected chi connectivity index (χ4v) is 1.68. The Balaban J connectivity index is 2.10. The summed E-state index contributed by atoms with van der Waals surface area (Å²) in [5.74, 6) is 1.20. The highest BCUT2D eigenvalue weighted by molar-refractivity contribution is 5.75. The molecule has 4 heteroatoms. The number of benzene rings is 1. The maximum atomic E-state index is 12.9. The summed E-state index contributed by atoms with van der Waals surface area (Å²) in [6.07, 6.45) is 0. The van der Waals surface area contributed by atoms with Crippen LogP contribution >= 0.6 is 0 Å². The van der Waals surface area contributed by atoms with Crippen molar-refractivity contribution in [3.8, 4) is 0 Å². The van der Waals surface area contributed by atoms with Crippen LogP contribution in [0, 0.1) is 5.82 Å². The Morgan fingerprint density at radius 3 is 2.93 bits per heavy atom. The van der Waals surface area contributed by atoms with E-state index in [1.165, 1.54) is 12.1 Å². The molecule has 1 aliphatic heterocycles. The average Bonchev–Trinajstić information content (AvgIpc) is 2.43. The molecule has 1 aromatic heterocycles. The van der Waals surface area contributed by atoms with Gasteiger partial charge in [0.2, 0.25) is 0 Å². The van der Waals surface area contributed by atoms with Crippen LogP contribution in [0.2, 0.25) is 0 Å². The predicted molar refractivity (Wildman–Crippen MR) is 51.7 cm³/mol. The Morgan fingerprint density at radius 1 is 1.36 bits per heavy atom. The summed E-state index contributed by atoms with van der Waals surface area (Å²) in [5, 5.41) is 3.18. The van der Waals surface area contributed by atoms with Crippen molar-refractivity contribution in [2.24, 2.45) is 0 Å².